The van der Waals surface area contributed by atoms with E-state index in [0.717, 1.165) is 24.8 Å². The monoisotopic (exact) mass is 401 g/mol. The Labute approximate surface area is 166 Å². The first-order valence-corrected chi connectivity index (χ1v) is 11.3. The molecule has 1 atom stereocenters. The fraction of sp³-hybridized carbons (Fsp3) is 0.476. The Morgan fingerprint density at radius 2 is 1.89 bits per heavy atom. The van der Waals surface area contributed by atoms with Crippen LogP contribution in [0, 0.1) is 5.92 Å². The van der Waals surface area contributed by atoms with Crippen molar-refractivity contribution in [2.45, 2.75) is 37.6 Å². The van der Waals surface area contributed by atoms with Gasteiger partial charge in [0.05, 0.1) is 0 Å². The third-order valence-corrected chi connectivity index (χ3v) is 7.70. The average Bonchev–Trinajstić information content (AvgIpc) is 3.09. The number of hydrogen-bond donors (Lipinski definition) is 0. The molecule has 0 saturated carbocycles. The number of fused-ring (bicyclic) bond motifs is 1. The van der Waals surface area contributed by atoms with Gasteiger partial charge in [-0.3, -0.25) is 4.79 Å². The number of amides is 1. The predicted molar refractivity (Wildman–Crippen MR) is 107 cm³/mol. The van der Waals surface area contributed by atoms with Crippen molar-refractivity contribution in [2.75, 3.05) is 19.6 Å². The molecule has 1 fully saturated rings. The number of hydrogen-bond acceptors (Lipinski definition) is 3. The Bertz CT molecular complexity index is 996. The number of aromatic nitrogens is 1. The molecule has 2 aliphatic rings. The molecule has 1 saturated heterocycles. The molecule has 28 heavy (non-hydrogen) atoms. The summed E-state index contributed by atoms with van der Waals surface area (Å²) in [6, 6.07) is 9.69. The molecule has 2 aliphatic heterocycles. The minimum absolute atomic E-state index is 0.120. The van der Waals surface area contributed by atoms with Gasteiger partial charge in [-0.1, -0.05) is 31.2 Å². The van der Waals surface area contributed by atoms with Crippen LogP contribution in [-0.2, 0) is 30.0 Å². The summed E-state index contributed by atoms with van der Waals surface area (Å²) in [5.41, 5.74) is 2.86. The number of sulfonamides is 1. The van der Waals surface area contributed by atoms with Crippen LogP contribution in [0.5, 0.6) is 0 Å². The van der Waals surface area contributed by atoms with Crippen molar-refractivity contribution < 1.29 is 13.2 Å². The van der Waals surface area contributed by atoms with Crippen LogP contribution in [0.2, 0.25) is 0 Å². The van der Waals surface area contributed by atoms with E-state index in [4.69, 9.17) is 0 Å². The highest BCUT2D eigenvalue weighted by atomic mass is 32.2. The van der Waals surface area contributed by atoms with Gasteiger partial charge in [0, 0.05) is 39.4 Å². The Morgan fingerprint density at radius 1 is 1.14 bits per heavy atom. The van der Waals surface area contributed by atoms with Gasteiger partial charge in [0.1, 0.15) is 10.6 Å². The number of benzene rings is 1. The highest BCUT2D eigenvalue weighted by Crippen LogP contribution is 2.26. The van der Waals surface area contributed by atoms with E-state index in [1.165, 1.54) is 11.6 Å². The minimum atomic E-state index is -3.57. The number of aryl methyl sites for hydroxylation is 1. The molecule has 150 valence electrons. The Kier molecular flexibility index (Phi) is 5.05. The van der Waals surface area contributed by atoms with Crippen LogP contribution in [0.4, 0.5) is 0 Å². The van der Waals surface area contributed by atoms with Crippen LogP contribution in [0.15, 0.2) is 41.4 Å². The van der Waals surface area contributed by atoms with E-state index in [9.17, 15) is 13.2 Å². The molecule has 4 rings (SSSR count). The van der Waals surface area contributed by atoms with Crippen LogP contribution >= 0.6 is 0 Å². The van der Waals surface area contributed by atoms with Crippen molar-refractivity contribution in [1.82, 2.24) is 13.8 Å². The van der Waals surface area contributed by atoms with E-state index >= 15 is 0 Å². The molecule has 3 heterocycles. The van der Waals surface area contributed by atoms with Crippen LogP contribution in [0.25, 0.3) is 0 Å². The van der Waals surface area contributed by atoms with Crippen molar-refractivity contribution in [3.05, 3.63) is 53.3 Å². The van der Waals surface area contributed by atoms with Gasteiger partial charge in [-0.25, -0.2) is 8.42 Å². The summed E-state index contributed by atoms with van der Waals surface area (Å²) in [5, 5.41) is 0. The summed E-state index contributed by atoms with van der Waals surface area (Å²) in [6.07, 6.45) is 4.33. The Morgan fingerprint density at radius 3 is 2.64 bits per heavy atom. The minimum Gasteiger partial charge on any atom is -0.345 e. The zero-order chi connectivity index (χ0) is 19.9. The second-order valence-corrected chi connectivity index (χ2v) is 9.97. The van der Waals surface area contributed by atoms with Gasteiger partial charge in [-0.2, -0.15) is 4.31 Å². The third kappa shape index (κ3) is 3.49. The van der Waals surface area contributed by atoms with Crippen LogP contribution in [0.3, 0.4) is 0 Å². The number of rotatable bonds is 3. The largest absolute Gasteiger partial charge is 0.345 e. The van der Waals surface area contributed by atoms with Crippen LogP contribution in [0.1, 0.15) is 41.4 Å². The third-order valence-electron chi connectivity index (χ3n) is 5.87. The lowest BCUT2D eigenvalue weighted by Gasteiger charge is -2.29. The summed E-state index contributed by atoms with van der Waals surface area (Å²) in [5.74, 6) is 0.243. The van der Waals surface area contributed by atoms with Gasteiger partial charge >= 0.3 is 0 Å². The van der Waals surface area contributed by atoms with Gasteiger partial charge in [-0.15, -0.1) is 0 Å². The topological polar surface area (TPSA) is 62.6 Å². The zero-order valence-electron chi connectivity index (χ0n) is 16.5. The molecule has 0 bridgehead atoms. The second kappa shape index (κ2) is 7.37. The molecule has 0 N–H and O–H groups in total. The van der Waals surface area contributed by atoms with Crippen molar-refractivity contribution >= 4 is 15.9 Å². The van der Waals surface area contributed by atoms with E-state index in [1.54, 1.807) is 27.0 Å². The summed E-state index contributed by atoms with van der Waals surface area (Å²) >= 11 is 0. The Hall–Kier alpha value is -2.12. The molecule has 0 radical (unpaired) electrons. The SMILES string of the molecule is CC1CCCN(S(=O)(=O)c2cc(C(=O)N3CCc4ccccc4C3)n(C)c2)C1. The summed E-state index contributed by atoms with van der Waals surface area (Å²) in [4.78, 5) is 15.1. The standard InChI is InChI=1S/C21H27N3O3S/c1-16-6-5-10-24(13-16)28(26,27)19-12-20(22(2)15-19)21(25)23-11-9-17-7-3-4-8-18(17)14-23/h3-4,7-8,12,15-16H,5-6,9-11,13-14H2,1-2H3. The van der Waals surface area contributed by atoms with Crippen LogP contribution in [-0.4, -0.2) is 47.7 Å². The van der Waals surface area contributed by atoms with Crippen LogP contribution < -0.4 is 0 Å². The molecule has 1 unspecified atom stereocenters. The summed E-state index contributed by atoms with van der Waals surface area (Å²) in [6.45, 7) is 4.38. The maximum absolute atomic E-state index is 13.1. The zero-order valence-corrected chi connectivity index (χ0v) is 17.3. The van der Waals surface area contributed by atoms with Gasteiger partial charge in [0.15, 0.2) is 0 Å². The highest BCUT2D eigenvalue weighted by molar-refractivity contribution is 7.89. The first-order chi connectivity index (χ1) is 13.4. The normalized spacial score (nSPS) is 20.8. The molecule has 1 amide bonds. The van der Waals surface area contributed by atoms with Gasteiger partial charge in [-0.05, 0) is 42.4 Å². The lowest BCUT2D eigenvalue weighted by Crippen LogP contribution is -2.39. The van der Waals surface area contributed by atoms with E-state index in [0.29, 0.717) is 37.8 Å². The number of nitrogens with zero attached hydrogens (tertiary/aromatic N) is 3. The molecule has 1 aromatic heterocycles. The van der Waals surface area contributed by atoms with Gasteiger partial charge in [0.25, 0.3) is 5.91 Å². The lowest BCUT2D eigenvalue weighted by atomic mass is 10.00. The fourth-order valence-corrected chi connectivity index (χ4v) is 5.90. The fourth-order valence-electron chi connectivity index (χ4n) is 4.23. The van der Waals surface area contributed by atoms with E-state index in [-0.39, 0.29) is 10.8 Å². The first kappa shape index (κ1) is 19.2. The van der Waals surface area contributed by atoms with Crippen molar-refractivity contribution in [3.63, 3.8) is 0 Å². The molecule has 6 nitrogen and oxygen atoms in total. The number of piperidine rings is 1. The summed E-state index contributed by atoms with van der Waals surface area (Å²) < 4.78 is 29.3. The first-order valence-electron chi connectivity index (χ1n) is 9.89. The molecule has 7 heteroatoms. The predicted octanol–water partition coefficient (Wildman–Crippen LogP) is 2.64. The maximum atomic E-state index is 13.1. The number of carbonyl (C=O) groups excluding carboxylic acids is 1. The maximum Gasteiger partial charge on any atom is 0.270 e. The van der Waals surface area contributed by atoms with Gasteiger partial charge < -0.3 is 9.47 Å². The quantitative estimate of drug-likeness (QED) is 0.794. The average molecular weight is 402 g/mol. The Balaban J connectivity index is 1.57. The second-order valence-electron chi connectivity index (χ2n) is 8.03. The molecule has 1 aromatic carbocycles. The van der Waals surface area contributed by atoms with E-state index in [2.05, 4.69) is 13.0 Å². The van der Waals surface area contributed by atoms with Crippen molar-refractivity contribution in [2.24, 2.45) is 13.0 Å². The molecule has 0 spiro atoms. The van der Waals surface area contributed by atoms with Crippen molar-refractivity contribution in [1.29, 1.82) is 0 Å². The number of carbonyl (C=O) groups is 1. The molecule has 2 aromatic rings. The van der Waals surface area contributed by atoms with E-state index < -0.39 is 10.0 Å². The molecule has 0 aliphatic carbocycles. The van der Waals surface area contributed by atoms with Gasteiger partial charge in [0.2, 0.25) is 10.0 Å². The smallest absolute Gasteiger partial charge is 0.270 e. The lowest BCUT2D eigenvalue weighted by molar-refractivity contribution is 0.0725. The summed E-state index contributed by atoms with van der Waals surface area (Å²) in [7, 11) is -1.83. The molecular weight excluding hydrogens is 374 g/mol. The van der Waals surface area contributed by atoms with Crippen molar-refractivity contribution in [3.8, 4) is 0 Å². The van der Waals surface area contributed by atoms with E-state index in [1.807, 2.05) is 18.2 Å². The molecular formula is C21H27N3O3S. The highest BCUT2D eigenvalue weighted by Gasteiger charge is 2.31.